The summed E-state index contributed by atoms with van der Waals surface area (Å²) in [6, 6.07) is 14.4. The summed E-state index contributed by atoms with van der Waals surface area (Å²) in [7, 11) is 1.62. The SMILES string of the molecule is COc1ccc(N/N=C/c2ccccc2O)cc1. The van der Waals surface area contributed by atoms with E-state index in [1.54, 1.807) is 31.5 Å². The molecular weight excluding hydrogens is 228 g/mol. The summed E-state index contributed by atoms with van der Waals surface area (Å²) in [5.74, 6) is 1.00. The number of ether oxygens (including phenoxy) is 1. The number of para-hydroxylation sites is 1. The van der Waals surface area contributed by atoms with E-state index < -0.39 is 0 Å². The number of benzene rings is 2. The molecule has 0 unspecified atom stereocenters. The van der Waals surface area contributed by atoms with Gasteiger partial charge in [0.2, 0.25) is 0 Å². The number of hydrogen-bond donors (Lipinski definition) is 2. The minimum Gasteiger partial charge on any atom is -0.507 e. The van der Waals surface area contributed by atoms with E-state index in [0.717, 1.165) is 11.4 Å². The quantitative estimate of drug-likeness (QED) is 0.640. The lowest BCUT2D eigenvalue weighted by atomic mass is 10.2. The first-order chi connectivity index (χ1) is 8.79. The zero-order valence-corrected chi connectivity index (χ0v) is 10.00. The average molecular weight is 242 g/mol. The van der Waals surface area contributed by atoms with Crippen LogP contribution in [0.4, 0.5) is 5.69 Å². The lowest BCUT2D eigenvalue weighted by Gasteiger charge is -2.02. The van der Waals surface area contributed by atoms with Crippen molar-refractivity contribution in [3.63, 3.8) is 0 Å². The van der Waals surface area contributed by atoms with Gasteiger partial charge in [-0.15, -0.1) is 0 Å². The molecule has 0 heterocycles. The highest BCUT2D eigenvalue weighted by Gasteiger charge is 1.95. The molecule has 4 nitrogen and oxygen atoms in total. The van der Waals surface area contributed by atoms with E-state index in [9.17, 15) is 5.11 Å². The molecule has 4 heteroatoms. The first-order valence-corrected chi connectivity index (χ1v) is 5.51. The van der Waals surface area contributed by atoms with Crippen molar-refractivity contribution in [2.75, 3.05) is 12.5 Å². The van der Waals surface area contributed by atoms with Crippen molar-refractivity contribution in [3.8, 4) is 11.5 Å². The highest BCUT2D eigenvalue weighted by atomic mass is 16.5. The van der Waals surface area contributed by atoms with Gasteiger partial charge in [-0.2, -0.15) is 5.10 Å². The Morgan fingerprint density at radius 2 is 1.83 bits per heavy atom. The molecule has 0 aliphatic carbocycles. The number of methoxy groups -OCH3 is 1. The molecule has 0 spiro atoms. The van der Waals surface area contributed by atoms with Crippen molar-refractivity contribution in [1.29, 1.82) is 0 Å². The molecule has 2 aromatic rings. The lowest BCUT2D eigenvalue weighted by molar-refractivity contribution is 0.415. The van der Waals surface area contributed by atoms with E-state index in [-0.39, 0.29) is 5.75 Å². The molecule has 0 atom stereocenters. The fraction of sp³-hybridized carbons (Fsp3) is 0.0714. The number of anilines is 1. The molecule has 18 heavy (non-hydrogen) atoms. The van der Waals surface area contributed by atoms with Gasteiger partial charge < -0.3 is 9.84 Å². The fourth-order valence-corrected chi connectivity index (χ4v) is 1.44. The Morgan fingerprint density at radius 1 is 1.11 bits per heavy atom. The molecular formula is C14H14N2O2. The van der Waals surface area contributed by atoms with Crippen molar-refractivity contribution in [2.24, 2.45) is 5.10 Å². The topological polar surface area (TPSA) is 53.8 Å². The monoisotopic (exact) mass is 242 g/mol. The van der Waals surface area contributed by atoms with Gasteiger partial charge >= 0.3 is 0 Å². The van der Waals surface area contributed by atoms with Gasteiger partial charge in [0.05, 0.1) is 19.0 Å². The molecule has 0 aliphatic heterocycles. The molecule has 0 aliphatic rings. The average Bonchev–Trinajstić information content (AvgIpc) is 2.42. The summed E-state index contributed by atoms with van der Waals surface area (Å²) >= 11 is 0. The van der Waals surface area contributed by atoms with Gasteiger partial charge in [0.15, 0.2) is 0 Å². The molecule has 2 aromatic carbocycles. The second-order valence-corrected chi connectivity index (χ2v) is 3.66. The van der Waals surface area contributed by atoms with E-state index in [2.05, 4.69) is 10.5 Å². The molecule has 0 radical (unpaired) electrons. The Kier molecular flexibility index (Phi) is 3.81. The summed E-state index contributed by atoms with van der Waals surface area (Å²) < 4.78 is 5.06. The highest BCUT2D eigenvalue weighted by Crippen LogP contribution is 2.15. The molecule has 0 fully saturated rings. The first kappa shape index (κ1) is 12.0. The number of phenolic OH excluding ortho intramolecular Hbond substituents is 1. The van der Waals surface area contributed by atoms with Crippen molar-refractivity contribution < 1.29 is 9.84 Å². The van der Waals surface area contributed by atoms with Crippen LogP contribution >= 0.6 is 0 Å². The van der Waals surface area contributed by atoms with Gasteiger partial charge in [-0.3, -0.25) is 5.43 Å². The zero-order chi connectivity index (χ0) is 12.8. The molecule has 0 bridgehead atoms. The standard InChI is InChI=1S/C14H14N2O2/c1-18-13-8-6-12(7-9-13)16-15-10-11-4-2-3-5-14(11)17/h2-10,16-17H,1H3/b15-10+. The van der Waals surface area contributed by atoms with Crippen LogP contribution in [-0.4, -0.2) is 18.4 Å². The molecule has 92 valence electrons. The summed E-state index contributed by atoms with van der Waals surface area (Å²) in [6.45, 7) is 0. The van der Waals surface area contributed by atoms with E-state index in [1.807, 2.05) is 30.3 Å². The van der Waals surface area contributed by atoms with Gasteiger partial charge in [0.25, 0.3) is 0 Å². The normalized spacial score (nSPS) is 10.5. The van der Waals surface area contributed by atoms with Crippen molar-refractivity contribution in [3.05, 3.63) is 54.1 Å². The minimum absolute atomic E-state index is 0.206. The van der Waals surface area contributed by atoms with Crippen molar-refractivity contribution in [1.82, 2.24) is 0 Å². The molecule has 0 amide bonds. The third kappa shape index (κ3) is 3.01. The summed E-state index contributed by atoms with van der Waals surface area (Å²) in [5, 5.41) is 13.6. The third-order valence-electron chi connectivity index (χ3n) is 2.42. The smallest absolute Gasteiger partial charge is 0.124 e. The van der Waals surface area contributed by atoms with E-state index in [0.29, 0.717) is 5.56 Å². The number of hydrogen-bond acceptors (Lipinski definition) is 4. The molecule has 0 aromatic heterocycles. The molecule has 2 N–H and O–H groups in total. The zero-order valence-electron chi connectivity index (χ0n) is 10.00. The Labute approximate surface area is 106 Å². The maximum absolute atomic E-state index is 9.54. The van der Waals surface area contributed by atoms with Crippen LogP contribution in [0, 0.1) is 0 Å². The van der Waals surface area contributed by atoms with Crippen LogP contribution in [0.3, 0.4) is 0 Å². The summed E-state index contributed by atoms with van der Waals surface area (Å²) in [5.41, 5.74) is 4.39. The Balaban J connectivity index is 2.00. The van der Waals surface area contributed by atoms with Gasteiger partial charge in [-0.25, -0.2) is 0 Å². The Bertz CT molecular complexity index is 536. The van der Waals surface area contributed by atoms with Gasteiger partial charge in [0, 0.05) is 5.56 Å². The molecule has 2 rings (SSSR count). The molecule has 0 saturated heterocycles. The summed E-state index contributed by atoms with van der Waals surface area (Å²) in [6.07, 6.45) is 1.57. The van der Waals surface area contributed by atoms with Crippen LogP contribution in [-0.2, 0) is 0 Å². The lowest BCUT2D eigenvalue weighted by Crippen LogP contribution is -1.91. The van der Waals surface area contributed by atoms with Crippen LogP contribution in [0.25, 0.3) is 0 Å². The maximum Gasteiger partial charge on any atom is 0.124 e. The van der Waals surface area contributed by atoms with Gasteiger partial charge in [-0.05, 0) is 36.4 Å². The van der Waals surface area contributed by atoms with E-state index in [1.165, 1.54) is 0 Å². The van der Waals surface area contributed by atoms with Gasteiger partial charge in [0.1, 0.15) is 11.5 Å². The number of rotatable bonds is 4. The third-order valence-corrected chi connectivity index (χ3v) is 2.42. The van der Waals surface area contributed by atoms with Crippen LogP contribution in [0.1, 0.15) is 5.56 Å². The predicted octanol–water partition coefficient (Wildman–Crippen LogP) is 2.85. The Morgan fingerprint density at radius 3 is 2.50 bits per heavy atom. The van der Waals surface area contributed by atoms with Crippen molar-refractivity contribution >= 4 is 11.9 Å². The van der Waals surface area contributed by atoms with Gasteiger partial charge in [-0.1, -0.05) is 12.1 Å². The van der Waals surface area contributed by atoms with E-state index in [4.69, 9.17) is 4.74 Å². The largest absolute Gasteiger partial charge is 0.507 e. The second-order valence-electron chi connectivity index (χ2n) is 3.66. The minimum atomic E-state index is 0.206. The number of nitrogens with zero attached hydrogens (tertiary/aromatic N) is 1. The highest BCUT2D eigenvalue weighted by molar-refractivity contribution is 5.83. The van der Waals surface area contributed by atoms with Crippen LogP contribution < -0.4 is 10.2 Å². The first-order valence-electron chi connectivity index (χ1n) is 5.51. The Hall–Kier alpha value is -2.49. The second kappa shape index (κ2) is 5.72. The van der Waals surface area contributed by atoms with E-state index >= 15 is 0 Å². The van der Waals surface area contributed by atoms with Crippen LogP contribution in [0.15, 0.2) is 53.6 Å². The van der Waals surface area contributed by atoms with Crippen molar-refractivity contribution in [2.45, 2.75) is 0 Å². The maximum atomic E-state index is 9.54. The predicted molar refractivity (Wildman–Crippen MR) is 72.3 cm³/mol. The molecule has 0 saturated carbocycles. The summed E-state index contributed by atoms with van der Waals surface area (Å²) in [4.78, 5) is 0. The van der Waals surface area contributed by atoms with Crippen LogP contribution in [0.2, 0.25) is 0 Å². The number of phenols is 1. The number of hydrazone groups is 1. The fourth-order valence-electron chi connectivity index (χ4n) is 1.44. The van der Waals surface area contributed by atoms with Crippen LogP contribution in [0.5, 0.6) is 11.5 Å². The number of aromatic hydroxyl groups is 1. The number of nitrogens with one attached hydrogen (secondary N) is 1.